The van der Waals surface area contributed by atoms with Gasteiger partial charge in [0.15, 0.2) is 0 Å². The van der Waals surface area contributed by atoms with Crippen LogP contribution in [0.3, 0.4) is 0 Å². The lowest BCUT2D eigenvalue weighted by atomic mass is 9.99. The van der Waals surface area contributed by atoms with Crippen LogP contribution >= 0.6 is 11.6 Å². The highest BCUT2D eigenvalue weighted by atomic mass is 35.5. The average Bonchev–Trinajstić information content (AvgIpc) is 2.54. The second kappa shape index (κ2) is 5.89. The molecule has 0 spiro atoms. The molecule has 0 fully saturated rings. The number of rotatable bonds is 2. The summed E-state index contributed by atoms with van der Waals surface area (Å²) in [7, 11) is 0. The highest BCUT2D eigenvalue weighted by Gasteiger charge is 2.15. The number of phenols is 1. The molecule has 0 atom stereocenters. The number of para-hydroxylation sites is 1. The highest BCUT2D eigenvalue weighted by molar-refractivity contribution is 6.32. The van der Waals surface area contributed by atoms with E-state index >= 15 is 0 Å². The van der Waals surface area contributed by atoms with Crippen molar-refractivity contribution in [2.75, 3.05) is 0 Å². The largest absolute Gasteiger partial charge is 0.507 e. The Bertz CT molecular complexity index is 934. The normalized spacial score (nSPS) is 10.7. The molecule has 116 valence electrons. The van der Waals surface area contributed by atoms with Crippen LogP contribution in [-0.4, -0.2) is 14.9 Å². The summed E-state index contributed by atoms with van der Waals surface area (Å²) < 4.78 is 1.31. The van der Waals surface area contributed by atoms with Crippen molar-refractivity contribution in [3.63, 3.8) is 0 Å². The highest BCUT2D eigenvalue weighted by Crippen LogP contribution is 2.37. The van der Waals surface area contributed by atoms with Gasteiger partial charge in [0.1, 0.15) is 5.75 Å². The van der Waals surface area contributed by atoms with E-state index in [1.165, 1.54) is 10.7 Å². The Morgan fingerprint density at radius 2 is 1.83 bits per heavy atom. The molecule has 3 aromatic rings. The van der Waals surface area contributed by atoms with E-state index in [0.29, 0.717) is 21.8 Å². The molecule has 0 aliphatic rings. The van der Waals surface area contributed by atoms with Crippen molar-refractivity contribution in [1.82, 2.24) is 9.78 Å². The molecule has 5 heteroatoms. The van der Waals surface area contributed by atoms with Crippen LogP contribution < -0.4 is 5.56 Å². The fourth-order valence-electron chi connectivity index (χ4n) is 2.61. The fraction of sp³-hybridized carbons (Fsp3) is 0.111. The van der Waals surface area contributed by atoms with Gasteiger partial charge < -0.3 is 5.11 Å². The molecule has 4 nitrogen and oxygen atoms in total. The molecule has 23 heavy (non-hydrogen) atoms. The molecule has 0 saturated carbocycles. The summed E-state index contributed by atoms with van der Waals surface area (Å²) in [6.07, 6.45) is 1.56. The number of aromatic nitrogens is 2. The summed E-state index contributed by atoms with van der Waals surface area (Å²) in [5, 5.41) is 15.0. The van der Waals surface area contributed by atoms with E-state index in [9.17, 15) is 9.90 Å². The topological polar surface area (TPSA) is 55.1 Å². The fourth-order valence-corrected chi connectivity index (χ4v) is 2.76. The summed E-state index contributed by atoms with van der Waals surface area (Å²) >= 11 is 6.26. The molecule has 1 N–H and O–H groups in total. The van der Waals surface area contributed by atoms with Crippen LogP contribution in [0.5, 0.6) is 5.75 Å². The Labute approximate surface area is 138 Å². The van der Waals surface area contributed by atoms with Crippen molar-refractivity contribution in [2.45, 2.75) is 13.8 Å². The lowest BCUT2D eigenvalue weighted by Gasteiger charge is -2.13. The molecule has 3 rings (SSSR count). The van der Waals surface area contributed by atoms with Crippen LogP contribution in [0.1, 0.15) is 11.1 Å². The molecule has 1 heterocycles. The van der Waals surface area contributed by atoms with E-state index in [2.05, 4.69) is 5.10 Å². The summed E-state index contributed by atoms with van der Waals surface area (Å²) in [6, 6.07) is 12.2. The number of benzene rings is 2. The van der Waals surface area contributed by atoms with Gasteiger partial charge in [0.2, 0.25) is 0 Å². The van der Waals surface area contributed by atoms with E-state index in [-0.39, 0.29) is 11.3 Å². The molecular formula is C18H15ClN2O2. The number of aryl methyl sites for hydroxylation is 1. The third-order valence-electron chi connectivity index (χ3n) is 3.75. The summed E-state index contributed by atoms with van der Waals surface area (Å²) in [5.74, 6) is 0.0862. The molecular weight excluding hydrogens is 312 g/mol. The maximum atomic E-state index is 12.4. The first-order valence-corrected chi connectivity index (χ1v) is 7.50. The van der Waals surface area contributed by atoms with Crippen LogP contribution in [0.2, 0.25) is 5.02 Å². The molecule has 0 aliphatic heterocycles. The first-order valence-electron chi connectivity index (χ1n) is 7.13. The minimum atomic E-state index is -0.274. The number of hydrogen-bond donors (Lipinski definition) is 1. The van der Waals surface area contributed by atoms with Gasteiger partial charge in [-0.05, 0) is 43.2 Å². The second-order valence-electron chi connectivity index (χ2n) is 5.36. The number of nitrogens with zero attached hydrogens (tertiary/aromatic N) is 2. The van der Waals surface area contributed by atoms with Gasteiger partial charge in [-0.2, -0.15) is 9.78 Å². The molecule has 0 radical (unpaired) electrons. The lowest BCUT2D eigenvalue weighted by molar-refractivity contribution is 0.476. The standard InChI is InChI=1S/C18H15ClN2O2/c1-11-8-15(22)17(12(2)18(11)19)13-9-16(23)21(20-10-13)14-6-4-3-5-7-14/h3-10,22H,1-2H3. The molecule has 0 saturated heterocycles. The lowest BCUT2D eigenvalue weighted by Crippen LogP contribution is -2.20. The van der Waals surface area contributed by atoms with Crippen molar-refractivity contribution < 1.29 is 5.11 Å². The maximum Gasteiger partial charge on any atom is 0.272 e. The zero-order valence-electron chi connectivity index (χ0n) is 12.7. The molecule has 0 bridgehead atoms. The number of hydrogen-bond acceptors (Lipinski definition) is 3. The quantitative estimate of drug-likeness (QED) is 0.777. The Kier molecular flexibility index (Phi) is 3.92. The van der Waals surface area contributed by atoms with E-state index in [4.69, 9.17) is 11.6 Å². The van der Waals surface area contributed by atoms with Crippen LogP contribution in [0, 0.1) is 13.8 Å². The van der Waals surface area contributed by atoms with E-state index in [1.54, 1.807) is 24.4 Å². The van der Waals surface area contributed by atoms with Crippen molar-refractivity contribution in [3.8, 4) is 22.6 Å². The predicted octanol–water partition coefficient (Wildman–Crippen LogP) is 3.88. The Balaban J connectivity index is 2.16. The summed E-state index contributed by atoms with van der Waals surface area (Å²) in [5.41, 5.74) is 3.00. The minimum absolute atomic E-state index is 0.0862. The van der Waals surface area contributed by atoms with Crippen molar-refractivity contribution in [2.24, 2.45) is 0 Å². The van der Waals surface area contributed by atoms with Crippen molar-refractivity contribution in [3.05, 3.63) is 75.2 Å². The molecule has 0 unspecified atom stereocenters. The van der Waals surface area contributed by atoms with Crippen LogP contribution in [0.4, 0.5) is 0 Å². The summed E-state index contributed by atoms with van der Waals surface area (Å²) in [6.45, 7) is 3.64. The molecule has 1 aromatic heterocycles. The number of halogens is 1. The SMILES string of the molecule is Cc1cc(O)c(-c2cnn(-c3ccccc3)c(=O)c2)c(C)c1Cl. The summed E-state index contributed by atoms with van der Waals surface area (Å²) in [4.78, 5) is 12.4. The zero-order valence-corrected chi connectivity index (χ0v) is 13.5. The van der Waals surface area contributed by atoms with E-state index in [1.807, 2.05) is 32.0 Å². The molecule has 0 amide bonds. The van der Waals surface area contributed by atoms with Crippen LogP contribution in [0.25, 0.3) is 16.8 Å². The predicted molar refractivity (Wildman–Crippen MR) is 91.4 cm³/mol. The minimum Gasteiger partial charge on any atom is -0.507 e. The van der Waals surface area contributed by atoms with Gasteiger partial charge >= 0.3 is 0 Å². The smallest absolute Gasteiger partial charge is 0.272 e. The van der Waals surface area contributed by atoms with Gasteiger partial charge in [0.05, 0.1) is 11.9 Å². The maximum absolute atomic E-state index is 12.4. The number of aromatic hydroxyl groups is 1. The second-order valence-corrected chi connectivity index (χ2v) is 5.73. The van der Waals surface area contributed by atoms with Crippen LogP contribution in [0.15, 0.2) is 53.5 Å². The van der Waals surface area contributed by atoms with Gasteiger partial charge in [-0.25, -0.2) is 0 Å². The van der Waals surface area contributed by atoms with E-state index < -0.39 is 0 Å². The third kappa shape index (κ3) is 2.73. The third-order valence-corrected chi connectivity index (χ3v) is 4.33. The Morgan fingerprint density at radius 1 is 1.13 bits per heavy atom. The van der Waals surface area contributed by atoms with Crippen molar-refractivity contribution in [1.29, 1.82) is 0 Å². The zero-order chi connectivity index (χ0) is 16.6. The van der Waals surface area contributed by atoms with Gasteiger partial charge in [0.25, 0.3) is 5.56 Å². The van der Waals surface area contributed by atoms with Gasteiger partial charge in [-0.1, -0.05) is 29.8 Å². The van der Waals surface area contributed by atoms with E-state index in [0.717, 1.165) is 11.1 Å². The van der Waals surface area contributed by atoms with Crippen molar-refractivity contribution >= 4 is 11.6 Å². The Morgan fingerprint density at radius 3 is 2.48 bits per heavy atom. The van der Waals surface area contributed by atoms with Crippen LogP contribution in [-0.2, 0) is 0 Å². The monoisotopic (exact) mass is 326 g/mol. The number of phenolic OH excluding ortho intramolecular Hbond substituents is 1. The average molecular weight is 327 g/mol. The Hall–Kier alpha value is -2.59. The first kappa shape index (κ1) is 15.3. The molecule has 0 aliphatic carbocycles. The van der Waals surface area contributed by atoms with Gasteiger partial charge in [0, 0.05) is 22.2 Å². The van der Waals surface area contributed by atoms with Gasteiger partial charge in [-0.3, -0.25) is 4.79 Å². The molecule has 2 aromatic carbocycles. The first-order chi connectivity index (χ1) is 11.0. The van der Waals surface area contributed by atoms with Gasteiger partial charge in [-0.15, -0.1) is 0 Å².